The van der Waals surface area contributed by atoms with Crippen LogP contribution in [0.5, 0.6) is 0 Å². The molecule has 0 aliphatic rings. The van der Waals surface area contributed by atoms with E-state index in [-0.39, 0.29) is 0 Å². The number of nitrogens with zero attached hydrogens (tertiary/aromatic N) is 1. The van der Waals surface area contributed by atoms with E-state index in [9.17, 15) is 9.90 Å². The molecule has 0 rings (SSSR count). The maximum absolute atomic E-state index is 9.76. The SMILES string of the molecule is CCC([NH3+])C(=O)[O-].CCCC(C)C.CCC[N+](C)(C)C.CCC[NH2+]C.CCC[NH3+]. The molecule has 0 aliphatic carbocycles. The monoisotopic (exact) mass is 425 g/mol. The van der Waals surface area contributed by atoms with Crippen LogP contribution in [0.3, 0.4) is 0 Å². The van der Waals surface area contributed by atoms with Crippen molar-refractivity contribution in [3.8, 4) is 0 Å². The van der Waals surface area contributed by atoms with Crippen molar-refractivity contribution in [2.45, 2.75) is 93.0 Å². The van der Waals surface area contributed by atoms with Crippen LogP contribution in [-0.2, 0) is 4.79 Å². The number of rotatable bonds is 9. The molecule has 0 bridgehead atoms. The molecule has 1 atom stereocenters. The Kier molecular flexibility index (Phi) is 42.9. The Hall–Kier alpha value is -0.690. The van der Waals surface area contributed by atoms with Crippen molar-refractivity contribution in [1.82, 2.24) is 0 Å². The maximum Gasteiger partial charge on any atom is 0.124 e. The average Bonchev–Trinajstić information content (AvgIpc) is 2.62. The summed E-state index contributed by atoms with van der Waals surface area (Å²) < 4.78 is 1.09. The lowest BCUT2D eigenvalue weighted by Gasteiger charge is -2.22. The van der Waals surface area contributed by atoms with Crippen molar-refractivity contribution in [3.05, 3.63) is 0 Å². The smallest absolute Gasteiger partial charge is 0.124 e. The van der Waals surface area contributed by atoms with E-state index in [1.165, 1.54) is 45.2 Å². The van der Waals surface area contributed by atoms with Gasteiger partial charge in [-0.05, 0) is 25.2 Å². The molecule has 29 heavy (non-hydrogen) atoms. The molecule has 6 heteroatoms. The van der Waals surface area contributed by atoms with Crippen LogP contribution in [0.25, 0.3) is 0 Å². The van der Waals surface area contributed by atoms with Crippen molar-refractivity contribution in [1.29, 1.82) is 0 Å². The summed E-state index contributed by atoms with van der Waals surface area (Å²) in [6.45, 7) is 18.6. The predicted molar refractivity (Wildman–Crippen MR) is 126 cm³/mol. The van der Waals surface area contributed by atoms with Gasteiger partial charge in [-0.1, -0.05) is 61.3 Å². The van der Waals surface area contributed by atoms with E-state index in [2.05, 4.69) is 86.5 Å². The normalized spacial score (nSPS) is 10.7. The Morgan fingerprint density at radius 2 is 1.41 bits per heavy atom. The third-order valence-corrected chi connectivity index (χ3v) is 3.52. The summed E-state index contributed by atoms with van der Waals surface area (Å²) in [6.07, 6.45) is 7.03. The number of carbonyl (C=O) groups is 1. The standard InChI is InChI=1S/C6H16N.C6H14.C4H9NO2.C4H11N.C3H9N/c1-5-6-7(2,3)4;1-4-5-6(2)3;1-2-3(5)4(6)7;1-3-4-5-2;1-2-3-4/h5-6H2,1-4H3;6H,4-5H2,1-3H3;3H,2,5H2,1H3,(H,6,7);5H,3-4H2,1-2H3;2-4H2,1H3/q+1;;;;/p+2. The Morgan fingerprint density at radius 3 is 1.41 bits per heavy atom. The van der Waals surface area contributed by atoms with Crippen LogP contribution >= 0.6 is 0 Å². The van der Waals surface area contributed by atoms with E-state index in [0.717, 1.165) is 16.9 Å². The van der Waals surface area contributed by atoms with Gasteiger partial charge < -0.3 is 31.2 Å². The van der Waals surface area contributed by atoms with Gasteiger partial charge in [0.05, 0.1) is 53.8 Å². The highest BCUT2D eigenvalue weighted by molar-refractivity contribution is 5.68. The van der Waals surface area contributed by atoms with Gasteiger partial charge in [-0.15, -0.1) is 0 Å². The highest BCUT2D eigenvalue weighted by Crippen LogP contribution is 2.00. The van der Waals surface area contributed by atoms with Crippen LogP contribution in [0.15, 0.2) is 0 Å². The van der Waals surface area contributed by atoms with Gasteiger partial charge in [0.25, 0.3) is 0 Å². The lowest BCUT2D eigenvalue weighted by Crippen LogP contribution is -2.79. The molecule has 0 amide bonds. The van der Waals surface area contributed by atoms with Crippen molar-refractivity contribution in [2.24, 2.45) is 5.92 Å². The molecule has 0 aromatic heterocycles. The molecular formula is C23H61N4O2+3. The molecule has 0 aromatic carbocycles. The fraction of sp³-hybridized carbons (Fsp3) is 0.957. The molecule has 0 saturated carbocycles. The number of carboxylic acids is 1. The van der Waals surface area contributed by atoms with Gasteiger partial charge in [-0.3, -0.25) is 0 Å². The van der Waals surface area contributed by atoms with E-state index < -0.39 is 12.0 Å². The molecule has 0 saturated heterocycles. The van der Waals surface area contributed by atoms with Gasteiger partial charge in [0.1, 0.15) is 6.04 Å². The van der Waals surface area contributed by atoms with Crippen molar-refractivity contribution in [3.63, 3.8) is 0 Å². The molecule has 0 fully saturated rings. The largest absolute Gasteiger partial charge is 0.544 e. The topological polar surface area (TPSA) is 112 Å². The fourth-order valence-electron chi connectivity index (χ4n) is 1.70. The average molecular weight is 426 g/mol. The van der Waals surface area contributed by atoms with E-state index in [0.29, 0.717) is 6.42 Å². The van der Waals surface area contributed by atoms with E-state index >= 15 is 0 Å². The van der Waals surface area contributed by atoms with Crippen LogP contribution in [-0.4, -0.2) is 64.3 Å². The first-order valence-electron chi connectivity index (χ1n) is 11.8. The number of nitrogens with two attached hydrogens (primary N) is 1. The lowest BCUT2D eigenvalue weighted by atomic mass is 10.1. The molecule has 6 nitrogen and oxygen atoms in total. The second kappa shape index (κ2) is 32.0. The summed E-state index contributed by atoms with van der Waals surface area (Å²) in [7, 11) is 8.72. The van der Waals surface area contributed by atoms with Crippen molar-refractivity contribution < 1.29 is 31.2 Å². The molecule has 0 aliphatic heterocycles. The van der Waals surface area contributed by atoms with Gasteiger partial charge in [-0.25, -0.2) is 0 Å². The van der Waals surface area contributed by atoms with E-state index in [1.807, 2.05) is 0 Å². The Balaban J connectivity index is -0.0000000840. The number of carboxylic acid groups (broad SMARTS) is 1. The Morgan fingerprint density at radius 1 is 0.966 bits per heavy atom. The zero-order chi connectivity index (χ0) is 24.3. The van der Waals surface area contributed by atoms with E-state index in [1.54, 1.807) is 6.92 Å². The minimum Gasteiger partial charge on any atom is -0.544 e. The molecular weight excluding hydrogens is 364 g/mol. The molecule has 0 spiro atoms. The molecule has 1 unspecified atom stereocenters. The lowest BCUT2D eigenvalue weighted by molar-refractivity contribution is -0.870. The zero-order valence-electron chi connectivity index (χ0n) is 22.3. The molecule has 8 N–H and O–H groups in total. The minimum atomic E-state index is -1.07. The molecule has 0 radical (unpaired) electrons. The molecule has 0 heterocycles. The van der Waals surface area contributed by atoms with E-state index in [4.69, 9.17) is 0 Å². The quantitative estimate of drug-likeness (QED) is 0.468. The predicted octanol–water partition coefficient (Wildman–Crippen LogP) is 0.530. The Bertz CT molecular complexity index is 277. The second-order valence-electron chi connectivity index (χ2n) is 8.67. The van der Waals surface area contributed by atoms with Crippen LogP contribution < -0.4 is 21.9 Å². The van der Waals surface area contributed by atoms with Gasteiger partial charge in [0, 0.05) is 6.42 Å². The number of aliphatic carboxylic acids is 1. The molecule has 182 valence electrons. The second-order valence-corrected chi connectivity index (χ2v) is 8.67. The third-order valence-electron chi connectivity index (χ3n) is 3.52. The number of quaternary nitrogens is 4. The van der Waals surface area contributed by atoms with Crippen LogP contribution in [0.4, 0.5) is 0 Å². The highest BCUT2D eigenvalue weighted by Gasteiger charge is 2.01. The van der Waals surface area contributed by atoms with Gasteiger partial charge >= 0.3 is 0 Å². The summed E-state index contributed by atoms with van der Waals surface area (Å²) in [4.78, 5) is 9.76. The number of hydrogen-bond donors (Lipinski definition) is 3. The maximum atomic E-state index is 9.76. The van der Waals surface area contributed by atoms with Gasteiger partial charge in [-0.2, -0.15) is 0 Å². The van der Waals surface area contributed by atoms with Crippen LogP contribution in [0.2, 0.25) is 0 Å². The van der Waals surface area contributed by atoms with Crippen LogP contribution in [0, 0.1) is 5.92 Å². The van der Waals surface area contributed by atoms with Crippen molar-refractivity contribution >= 4 is 5.97 Å². The van der Waals surface area contributed by atoms with Crippen LogP contribution in [0.1, 0.15) is 87.0 Å². The van der Waals surface area contributed by atoms with Crippen molar-refractivity contribution in [2.75, 3.05) is 47.8 Å². The fourth-order valence-corrected chi connectivity index (χ4v) is 1.70. The first-order valence-corrected chi connectivity index (χ1v) is 11.8. The summed E-state index contributed by atoms with van der Waals surface area (Å²) in [6, 6.07) is -0.542. The highest BCUT2D eigenvalue weighted by atomic mass is 16.4. The van der Waals surface area contributed by atoms with Gasteiger partial charge in [0.2, 0.25) is 0 Å². The first kappa shape index (κ1) is 38.9. The molecule has 0 aromatic rings. The first-order chi connectivity index (χ1) is 13.3. The Labute approximate surface area is 184 Å². The summed E-state index contributed by atoms with van der Waals surface area (Å²) in [5.41, 5.74) is 6.90. The number of carbonyl (C=O) groups excluding carboxylic acids is 1. The minimum absolute atomic E-state index is 0.542. The summed E-state index contributed by atoms with van der Waals surface area (Å²) in [5.74, 6) is -0.169. The third kappa shape index (κ3) is 74.6. The summed E-state index contributed by atoms with van der Waals surface area (Å²) in [5, 5.41) is 11.9. The summed E-state index contributed by atoms with van der Waals surface area (Å²) >= 11 is 0. The van der Waals surface area contributed by atoms with Gasteiger partial charge in [0.15, 0.2) is 0 Å². The number of hydrogen-bond acceptors (Lipinski definition) is 2. The zero-order valence-corrected chi connectivity index (χ0v) is 22.3.